The molecule has 0 aromatic rings. The summed E-state index contributed by atoms with van der Waals surface area (Å²) in [5, 5.41) is 11.6. The van der Waals surface area contributed by atoms with Gasteiger partial charge in [-0.2, -0.15) is 0 Å². The summed E-state index contributed by atoms with van der Waals surface area (Å²) in [6.45, 7) is 9.54. The van der Waals surface area contributed by atoms with E-state index in [0.717, 1.165) is 26.2 Å². The SMILES string of the molecule is CCN(CC)CCNCCO.Cl. The Morgan fingerprint density at radius 2 is 1.75 bits per heavy atom. The highest BCUT2D eigenvalue weighted by Gasteiger charge is 1.95. The molecule has 0 atom stereocenters. The number of hydrogen-bond donors (Lipinski definition) is 2. The van der Waals surface area contributed by atoms with Gasteiger partial charge >= 0.3 is 0 Å². The van der Waals surface area contributed by atoms with Crippen molar-refractivity contribution in [2.75, 3.05) is 39.3 Å². The second-order valence-corrected chi connectivity index (χ2v) is 2.50. The van der Waals surface area contributed by atoms with Crippen LogP contribution in [0, 0.1) is 0 Å². The molecule has 0 heterocycles. The van der Waals surface area contributed by atoms with E-state index in [2.05, 4.69) is 24.1 Å². The van der Waals surface area contributed by atoms with Gasteiger partial charge in [0, 0.05) is 19.6 Å². The monoisotopic (exact) mass is 196 g/mol. The molecule has 12 heavy (non-hydrogen) atoms. The molecule has 0 aliphatic heterocycles. The minimum atomic E-state index is 0. The highest BCUT2D eigenvalue weighted by atomic mass is 35.5. The Morgan fingerprint density at radius 3 is 2.17 bits per heavy atom. The third-order valence-corrected chi connectivity index (χ3v) is 1.79. The van der Waals surface area contributed by atoms with Crippen molar-refractivity contribution in [3.8, 4) is 0 Å². The second-order valence-electron chi connectivity index (χ2n) is 2.50. The Labute approximate surface area is 81.6 Å². The zero-order valence-corrected chi connectivity index (χ0v) is 8.86. The molecule has 0 aromatic heterocycles. The molecule has 0 bridgehead atoms. The maximum atomic E-state index is 8.47. The van der Waals surface area contributed by atoms with Crippen molar-refractivity contribution >= 4 is 12.4 Å². The minimum absolute atomic E-state index is 0. The van der Waals surface area contributed by atoms with Crippen LogP contribution in [0.2, 0.25) is 0 Å². The van der Waals surface area contributed by atoms with Crippen molar-refractivity contribution in [2.45, 2.75) is 13.8 Å². The zero-order valence-electron chi connectivity index (χ0n) is 8.05. The highest BCUT2D eigenvalue weighted by Crippen LogP contribution is 1.83. The van der Waals surface area contributed by atoms with Gasteiger partial charge in [0.2, 0.25) is 0 Å². The first-order valence-corrected chi connectivity index (χ1v) is 4.39. The summed E-state index contributed by atoms with van der Waals surface area (Å²) < 4.78 is 0. The third kappa shape index (κ3) is 8.27. The fraction of sp³-hybridized carbons (Fsp3) is 1.00. The Balaban J connectivity index is 0. The summed E-state index contributed by atoms with van der Waals surface area (Å²) >= 11 is 0. The summed E-state index contributed by atoms with van der Waals surface area (Å²) in [5.74, 6) is 0. The molecule has 0 amide bonds. The number of halogens is 1. The zero-order chi connectivity index (χ0) is 8.53. The van der Waals surface area contributed by atoms with Gasteiger partial charge in [-0.1, -0.05) is 13.8 Å². The number of hydrogen-bond acceptors (Lipinski definition) is 3. The van der Waals surface area contributed by atoms with Crippen LogP contribution in [0.25, 0.3) is 0 Å². The van der Waals surface area contributed by atoms with Crippen LogP contribution in [0.3, 0.4) is 0 Å². The van der Waals surface area contributed by atoms with Crippen LogP contribution in [0.4, 0.5) is 0 Å². The number of likely N-dealkylation sites (N-methyl/N-ethyl adjacent to an activating group) is 1. The lowest BCUT2D eigenvalue weighted by Crippen LogP contribution is -2.32. The van der Waals surface area contributed by atoms with Gasteiger partial charge in [-0.3, -0.25) is 0 Å². The van der Waals surface area contributed by atoms with E-state index in [4.69, 9.17) is 5.11 Å². The second kappa shape index (κ2) is 11.2. The molecule has 0 aromatic carbocycles. The molecular weight excluding hydrogens is 176 g/mol. The molecule has 4 heteroatoms. The summed E-state index contributed by atoms with van der Waals surface area (Å²) in [5.41, 5.74) is 0. The molecule has 0 saturated carbocycles. The Kier molecular flexibility index (Phi) is 13.7. The van der Waals surface area contributed by atoms with Crippen LogP contribution in [-0.4, -0.2) is 49.3 Å². The molecule has 0 fully saturated rings. The van der Waals surface area contributed by atoms with Crippen LogP contribution in [0.1, 0.15) is 13.8 Å². The van der Waals surface area contributed by atoms with Crippen LogP contribution in [-0.2, 0) is 0 Å². The molecule has 2 N–H and O–H groups in total. The van der Waals surface area contributed by atoms with Gasteiger partial charge in [0.1, 0.15) is 0 Å². The van der Waals surface area contributed by atoms with E-state index >= 15 is 0 Å². The molecule has 3 nitrogen and oxygen atoms in total. The molecular formula is C8H21ClN2O. The van der Waals surface area contributed by atoms with Crippen LogP contribution in [0.5, 0.6) is 0 Å². The smallest absolute Gasteiger partial charge is 0.0555 e. The normalized spacial score (nSPS) is 10.0. The minimum Gasteiger partial charge on any atom is -0.395 e. The Hall–Kier alpha value is 0.170. The van der Waals surface area contributed by atoms with Gasteiger partial charge < -0.3 is 15.3 Å². The standard InChI is InChI=1S/C8H20N2O.ClH/c1-3-10(4-2)7-5-9-6-8-11;/h9,11H,3-8H2,1-2H3;1H. The van der Waals surface area contributed by atoms with E-state index in [1.807, 2.05) is 0 Å². The Morgan fingerprint density at radius 1 is 1.17 bits per heavy atom. The first kappa shape index (κ1) is 14.7. The fourth-order valence-electron chi connectivity index (χ4n) is 0.981. The lowest BCUT2D eigenvalue weighted by Gasteiger charge is -2.17. The van der Waals surface area contributed by atoms with Crippen molar-refractivity contribution in [3.63, 3.8) is 0 Å². The molecule has 0 radical (unpaired) electrons. The predicted octanol–water partition coefficient (Wildman–Crippen LogP) is 0.332. The molecule has 0 aliphatic rings. The van der Waals surface area contributed by atoms with E-state index in [1.165, 1.54) is 0 Å². The van der Waals surface area contributed by atoms with Crippen molar-refractivity contribution in [3.05, 3.63) is 0 Å². The largest absolute Gasteiger partial charge is 0.395 e. The number of aliphatic hydroxyl groups is 1. The maximum Gasteiger partial charge on any atom is 0.0555 e. The van der Waals surface area contributed by atoms with Gasteiger partial charge in [-0.15, -0.1) is 12.4 Å². The molecule has 76 valence electrons. The molecule has 0 saturated heterocycles. The average Bonchev–Trinajstić information content (AvgIpc) is 2.05. The summed E-state index contributed by atoms with van der Waals surface area (Å²) in [6, 6.07) is 0. The van der Waals surface area contributed by atoms with Gasteiger partial charge in [0.05, 0.1) is 6.61 Å². The predicted molar refractivity (Wildman–Crippen MR) is 55.0 cm³/mol. The molecule has 0 aliphatic carbocycles. The number of rotatable bonds is 7. The molecule has 0 rings (SSSR count). The van der Waals surface area contributed by atoms with Crippen molar-refractivity contribution < 1.29 is 5.11 Å². The third-order valence-electron chi connectivity index (χ3n) is 1.79. The number of nitrogens with one attached hydrogen (secondary N) is 1. The van der Waals surface area contributed by atoms with E-state index in [9.17, 15) is 0 Å². The Bertz CT molecular complexity index is 79.5. The van der Waals surface area contributed by atoms with E-state index < -0.39 is 0 Å². The van der Waals surface area contributed by atoms with Crippen molar-refractivity contribution in [1.82, 2.24) is 10.2 Å². The topological polar surface area (TPSA) is 35.5 Å². The van der Waals surface area contributed by atoms with Gasteiger partial charge in [-0.25, -0.2) is 0 Å². The van der Waals surface area contributed by atoms with Crippen LogP contribution < -0.4 is 5.32 Å². The van der Waals surface area contributed by atoms with Crippen LogP contribution in [0.15, 0.2) is 0 Å². The summed E-state index contributed by atoms with van der Waals surface area (Å²) in [7, 11) is 0. The fourth-order valence-corrected chi connectivity index (χ4v) is 0.981. The maximum absolute atomic E-state index is 8.47. The molecule has 0 spiro atoms. The number of nitrogens with zero attached hydrogens (tertiary/aromatic N) is 1. The first-order chi connectivity index (χ1) is 5.35. The summed E-state index contributed by atoms with van der Waals surface area (Å²) in [4.78, 5) is 2.35. The van der Waals surface area contributed by atoms with E-state index in [0.29, 0.717) is 6.54 Å². The summed E-state index contributed by atoms with van der Waals surface area (Å²) in [6.07, 6.45) is 0. The van der Waals surface area contributed by atoms with Crippen molar-refractivity contribution in [1.29, 1.82) is 0 Å². The lowest BCUT2D eigenvalue weighted by atomic mass is 10.4. The molecule has 0 unspecified atom stereocenters. The average molecular weight is 197 g/mol. The van der Waals surface area contributed by atoms with Gasteiger partial charge in [0.25, 0.3) is 0 Å². The van der Waals surface area contributed by atoms with E-state index in [1.54, 1.807) is 0 Å². The van der Waals surface area contributed by atoms with Gasteiger partial charge in [-0.05, 0) is 13.1 Å². The highest BCUT2D eigenvalue weighted by molar-refractivity contribution is 5.85. The van der Waals surface area contributed by atoms with Crippen molar-refractivity contribution in [2.24, 2.45) is 0 Å². The quantitative estimate of drug-likeness (QED) is 0.577. The van der Waals surface area contributed by atoms with Gasteiger partial charge in [0.15, 0.2) is 0 Å². The van der Waals surface area contributed by atoms with Crippen LogP contribution >= 0.6 is 12.4 Å². The first-order valence-electron chi connectivity index (χ1n) is 4.39. The van der Waals surface area contributed by atoms with E-state index in [-0.39, 0.29) is 19.0 Å². The lowest BCUT2D eigenvalue weighted by molar-refractivity contribution is 0.274. The number of aliphatic hydroxyl groups excluding tert-OH is 1.